The minimum Gasteiger partial charge on any atom is -0.495 e. The van der Waals surface area contributed by atoms with Crippen molar-refractivity contribution in [3.63, 3.8) is 0 Å². The first-order valence-electron chi connectivity index (χ1n) is 5.00. The highest BCUT2D eigenvalue weighted by molar-refractivity contribution is 6.31. The van der Waals surface area contributed by atoms with Crippen molar-refractivity contribution in [3.05, 3.63) is 34.9 Å². The van der Waals surface area contributed by atoms with E-state index in [0.29, 0.717) is 16.5 Å². The van der Waals surface area contributed by atoms with Crippen molar-refractivity contribution in [2.45, 2.75) is 6.92 Å². The summed E-state index contributed by atoms with van der Waals surface area (Å²) in [4.78, 5) is 22.1. The minimum absolute atomic E-state index is 0.0736. The predicted molar refractivity (Wildman–Crippen MR) is 68.0 cm³/mol. The third-order valence-electron chi connectivity index (χ3n) is 2.11. The average Bonchev–Trinajstić information content (AvgIpc) is 2.28. The molecule has 1 rings (SSSR count). The molecule has 6 heteroatoms. The maximum atomic E-state index is 11.7. The Morgan fingerprint density at radius 2 is 2.11 bits per heavy atom. The highest BCUT2D eigenvalue weighted by Gasteiger charge is 2.10. The third kappa shape index (κ3) is 3.78. The standard InChI is InChI=1S/C12H12ClNO4/c1-7(5-11(15)16)12(17)14-9-6-8(13)3-4-10(9)18-2/h3-6H,1-2H3,(H,14,17)(H,15,16)/b7-5+. The molecule has 0 aliphatic rings. The molecule has 0 aliphatic heterocycles. The van der Waals surface area contributed by atoms with E-state index in [0.717, 1.165) is 6.08 Å². The monoisotopic (exact) mass is 269 g/mol. The number of rotatable bonds is 4. The van der Waals surface area contributed by atoms with E-state index >= 15 is 0 Å². The second kappa shape index (κ2) is 6.07. The quantitative estimate of drug-likeness (QED) is 0.823. The number of halogens is 1. The Kier molecular flexibility index (Phi) is 4.74. The average molecular weight is 270 g/mol. The van der Waals surface area contributed by atoms with Gasteiger partial charge in [-0.25, -0.2) is 4.79 Å². The summed E-state index contributed by atoms with van der Waals surface area (Å²) in [6, 6.07) is 4.75. The number of benzene rings is 1. The van der Waals surface area contributed by atoms with Gasteiger partial charge in [0, 0.05) is 16.7 Å². The number of nitrogens with one attached hydrogen (secondary N) is 1. The number of ether oxygens (including phenoxy) is 1. The third-order valence-corrected chi connectivity index (χ3v) is 2.34. The number of aliphatic carboxylic acids is 1. The van der Waals surface area contributed by atoms with Gasteiger partial charge in [-0.05, 0) is 25.1 Å². The molecule has 2 N–H and O–H groups in total. The smallest absolute Gasteiger partial charge is 0.328 e. The van der Waals surface area contributed by atoms with E-state index in [-0.39, 0.29) is 5.57 Å². The van der Waals surface area contributed by atoms with Gasteiger partial charge in [0.05, 0.1) is 12.8 Å². The number of hydrogen-bond donors (Lipinski definition) is 2. The zero-order valence-electron chi connectivity index (χ0n) is 9.86. The van der Waals surface area contributed by atoms with Crippen molar-refractivity contribution in [2.24, 2.45) is 0 Å². The molecule has 0 heterocycles. The van der Waals surface area contributed by atoms with Crippen molar-refractivity contribution >= 4 is 29.2 Å². The first-order valence-corrected chi connectivity index (χ1v) is 5.38. The lowest BCUT2D eigenvalue weighted by Gasteiger charge is -2.10. The summed E-state index contributed by atoms with van der Waals surface area (Å²) in [5.41, 5.74) is 0.456. The van der Waals surface area contributed by atoms with Crippen molar-refractivity contribution in [2.75, 3.05) is 12.4 Å². The molecule has 0 atom stereocenters. The van der Waals surface area contributed by atoms with Crippen LogP contribution < -0.4 is 10.1 Å². The number of methoxy groups -OCH3 is 1. The molecular formula is C12H12ClNO4. The van der Waals surface area contributed by atoms with Crippen LogP contribution in [0.2, 0.25) is 5.02 Å². The lowest BCUT2D eigenvalue weighted by Crippen LogP contribution is -2.14. The van der Waals surface area contributed by atoms with Crippen LogP contribution in [-0.2, 0) is 9.59 Å². The normalized spacial score (nSPS) is 10.9. The summed E-state index contributed by atoms with van der Waals surface area (Å²) in [7, 11) is 1.46. The van der Waals surface area contributed by atoms with Crippen LogP contribution in [-0.4, -0.2) is 24.1 Å². The van der Waals surface area contributed by atoms with Gasteiger partial charge in [0.25, 0.3) is 5.91 Å². The summed E-state index contributed by atoms with van der Waals surface area (Å²) >= 11 is 5.81. The van der Waals surface area contributed by atoms with E-state index < -0.39 is 11.9 Å². The van der Waals surface area contributed by atoms with Crippen molar-refractivity contribution in [1.29, 1.82) is 0 Å². The molecule has 0 radical (unpaired) electrons. The first kappa shape index (κ1) is 14.1. The topological polar surface area (TPSA) is 75.6 Å². The number of amides is 1. The molecular weight excluding hydrogens is 258 g/mol. The van der Waals surface area contributed by atoms with E-state index in [2.05, 4.69) is 5.32 Å². The van der Waals surface area contributed by atoms with E-state index in [1.54, 1.807) is 12.1 Å². The molecule has 0 aromatic heterocycles. The zero-order chi connectivity index (χ0) is 13.7. The van der Waals surface area contributed by atoms with Gasteiger partial charge in [-0.2, -0.15) is 0 Å². The Balaban J connectivity index is 2.94. The van der Waals surface area contributed by atoms with Crippen molar-refractivity contribution < 1.29 is 19.4 Å². The van der Waals surface area contributed by atoms with Crippen LogP contribution in [0.1, 0.15) is 6.92 Å². The van der Waals surface area contributed by atoms with Gasteiger partial charge in [-0.1, -0.05) is 11.6 Å². The highest BCUT2D eigenvalue weighted by Crippen LogP contribution is 2.27. The number of carboxylic acids is 1. The second-order valence-electron chi connectivity index (χ2n) is 3.46. The SMILES string of the molecule is COc1ccc(Cl)cc1NC(=O)/C(C)=C/C(=O)O. The molecule has 5 nitrogen and oxygen atoms in total. The van der Waals surface area contributed by atoms with Gasteiger partial charge in [0.2, 0.25) is 0 Å². The largest absolute Gasteiger partial charge is 0.495 e. The Morgan fingerprint density at radius 1 is 1.44 bits per heavy atom. The molecule has 0 saturated heterocycles. The second-order valence-corrected chi connectivity index (χ2v) is 3.90. The molecule has 0 spiro atoms. The Labute approximate surface area is 109 Å². The van der Waals surface area contributed by atoms with Gasteiger partial charge in [-0.15, -0.1) is 0 Å². The molecule has 0 saturated carbocycles. The molecule has 1 aromatic carbocycles. The van der Waals surface area contributed by atoms with E-state index in [1.807, 2.05) is 0 Å². The maximum Gasteiger partial charge on any atom is 0.328 e. The molecule has 1 aromatic rings. The van der Waals surface area contributed by atoms with E-state index in [1.165, 1.54) is 20.1 Å². The minimum atomic E-state index is -1.18. The summed E-state index contributed by atoms with van der Waals surface area (Å²) in [6.07, 6.45) is 0.826. The molecule has 0 fully saturated rings. The molecule has 0 aliphatic carbocycles. The van der Waals surface area contributed by atoms with Crippen molar-refractivity contribution in [3.8, 4) is 5.75 Å². The molecule has 0 unspecified atom stereocenters. The zero-order valence-corrected chi connectivity index (χ0v) is 10.6. The van der Waals surface area contributed by atoms with Crippen LogP contribution in [0.3, 0.4) is 0 Å². The molecule has 18 heavy (non-hydrogen) atoms. The lowest BCUT2D eigenvalue weighted by atomic mass is 10.2. The Morgan fingerprint density at radius 3 is 2.67 bits per heavy atom. The molecule has 0 bridgehead atoms. The number of anilines is 1. The van der Waals surface area contributed by atoms with Crippen LogP contribution in [0.25, 0.3) is 0 Å². The fraction of sp³-hybridized carbons (Fsp3) is 0.167. The number of carbonyl (C=O) groups is 2. The van der Waals surface area contributed by atoms with Gasteiger partial charge in [-0.3, -0.25) is 4.79 Å². The molecule has 1 amide bonds. The van der Waals surface area contributed by atoms with Gasteiger partial charge in [0.15, 0.2) is 0 Å². The van der Waals surface area contributed by atoms with Gasteiger partial charge < -0.3 is 15.2 Å². The Bertz CT molecular complexity index is 511. The summed E-state index contributed by atoms with van der Waals surface area (Å²) < 4.78 is 5.05. The Hall–Kier alpha value is -2.01. The maximum absolute atomic E-state index is 11.7. The number of hydrogen-bond acceptors (Lipinski definition) is 3. The first-order chi connectivity index (χ1) is 8.43. The fourth-order valence-corrected chi connectivity index (χ4v) is 1.42. The van der Waals surface area contributed by atoms with Crippen LogP contribution >= 0.6 is 11.6 Å². The summed E-state index contributed by atoms with van der Waals surface area (Å²) in [5.74, 6) is -1.27. The summed E-state index contributed by atoms with van der Waals surface area (Å²) in [6.45, 7) is 1.40. The summed E-state index contributed by atoms with van der Waals surface area (Å²) in [5, 5.41) is 11.5. The van der Waals surface area contributed by atoms with Gasteiger partial charge in [0.1, 0.15) is 5.75 Å². The van der Waals surface area contributed by atoms with Crippen LogP contribution in [0, 0.1) is 0 Å². The lowest BCUT2D eigenvalue weighted by molar-refractivity contribution is -0.131. The van der Waals surface area contributed by atoms with Gasteiger partial charge >= 0.3 is 5.97 Å². The fourth-order valence-electron chi connectivity index (χ4n) is 1.25. The van der Waals surface area contributed by atoms with Crippen LogP contribution in [0.5, 0.6) is 5.75 Å². The highest BCUT2D eigenvalue weighted by atomic mass is 35.5. The van der Waals surface area contributed by atoms with Crippen LogP contribution in [0.4, 0.5) is 5.69 Å². The number of carboxylic acid groups (broad SMARTS) is 1. The number of carbonyl (C=O) groups excluding carboxylic acids is 1. The van der Waals surface area contributed by atoms with E-state index in [4.69, 9.17) is 21.4 Å². The predicted octanol–water partition coefficient (Wildman–Crippen LogP) is 2.32. The van der Waals surface area contributed by atoms with Crippen molar-refractivity contribution in [1.82, 2.24) is 0 Å². The van der Waals surface area contributed by atoms with Crippen LogP contribution in [0.15, 0.2) is 29.8 Å². The van der Waals surface area contributed by atoms with E-state index in [9.17, 15) is 9.59 Å². The molecule has 96 valence electrons.